The first-order valence-corrected chi connectivity index (χ1v) is 7.69. The van der Waals surface area contributed by atoms with E-state index in [0.717, 1.165) is 5.56 Å². The van der Waals surface area contributed by atoms with E-state index < -0.39 is 18.0 Å². The van der Waals surface area contributed by atoms with Gasteiger partial charge in [-0.1, -0.05) is 16.8 Å². The quantitative estimate of drug-likeness (QED) is 0.659. The number of benzene rings is 1. The molecule has 2 aromatic rings. The van der Waals surface area contributed by atoms with E-state index in [1.54, 1.807) is 31.2 Å². The first-order chi connectivity index (χ1) is 11.5. The van der Waals surface area contributed by atoms with Gasteiger partial charge in [-0.15, -0.1) is 0 Å². The van der Waals surface area contributed by atoms with Crippen LogP contribution in [0.25, 0.3) is 11.5 Å². The van der Waals surface area contributed by atoms with E-state index in [4.69, 9.17) is 21.2 Å². The Morgan fingerprint density at radius 3 is 2.71 bits per heavy atom. The summed E-state index contributed by atoms with van der Waals surface area (Å²) in [5.41, 5.74) is 0.725. The molecule has 0 fully saturated rings. The predicted octanol–water partition coefficient (Wildman–Crippen LogP) is 2.62. The Labute approximate surface area is 143 Å². The fourth-order valence-electron chi connectivity index (χ4n) is 1.87. The number of carboxylic acids is 1. The number of hydrogen-bond acceptors (Lipinski definition) is 5. The van der Waals surface area contributed by atoms with E-state index in [1.165, 1.54) is 0 Å². The third-order valence-electron chi connectivity index (χ3n) is 3.12. The lowest BCUT2D eigenvalue weighted by molar-refractivity contribution is -0.137. The monoisotopic (exact) mass is 352 g/mol. The molecule has 1 heterocycles. The van der Waals surface area contributed by atoms with E-state index in [1.807, 2.05) is 0 Å². The lowest BCUT2D eigenvalue weighted by Crippen LogP contribution is -2.37. The third-order valence-corrected chi connectivity index (χ3v) is 3.37. The smallest absolute Gasteiger partial charge is 0.315 e. The van der Waals surface area contributed by atoms with Crippen molar-refractivity contribution >= 4 is 23.6 Å². The number of halogens is 1. The van der Waals surface area contributed by atoms with Crippen molar-refractivity contribution in [2.45, 2.75) is 25.8 Å². The highest BCUT2D eigenvalue weighted by molar-refractivity contribution is 6.30. The molecule has 1 unspecified atom stereocenters. The molecule has 0 aliphatic heterocycles. The molecule has 8 nitrogen and oxygen atoms in total. The van der Waals surface area contributed by atoms with Gasteiger partial charge in [-0.05, 0) is 37.6 Å². The molecule has 0 saturated carbocycles. The molecular weight excluding hydrogens is 336 g/mol. The van der Waals surface area contributed by atoms with Gasteiger partial charge >= 0.3 is 12.0 Å². The summed E-state index contributed by atoms with van der Waals surface area (Å²) < 4.78 is 5.18. The summed E-state index contributed by atoms with van der Waals surface area (Å²) in [4.78, 5) is 26.3. The molecule has 2 amide bonds. The number of carboxylic acid groups (broad SMARTS) is 1. The standard InChI is InChI=1S/C15H17ClN4O4/c1-9(18-15(23)17-8-2-3-12(21)22)13-19-14(24-20-13)10-4-6-11(16)7-5-10/h4-7,9H,2-3,8H2,1H3,(H,21,22)(H2,17,18,23). The van der Waals surface area contributed by atoms with Gasteiger partial charge in [-0.25, -0.2) is 4.79 Å². The average Bonchev–Trinajstić information content (AvgIpc) is 3.02. The number of aromatic nitrogens is 2. The van der Waals surface area contributed by atoms with Crippen LogP contribution in [0.3, 0.4) is 0 Å². The van der Waals surface area contributed by atoms with Crippen LogP contribution in [0.5, 0.6) is 0 Å². The van der Waals surface area contributed by atoms with Crippen LogP contribution in [0.2, 0.25) is 5.02 Å². The summed E-state index contributed by atoms with van der Waals surface area (Å²) in [6.45, 7) is 1.99. The summed E-state index contributed by atoms with van der Waals surface area (Å²) in [6.07, 6.45) is 0.366. The van der Waals surface area contributed by atoms with Crippen molar-refractivity contribution in [2.24, 2.45) is 0 Å². The molecule has 3 N–H and O–H groups in total. The molecule has 9 heteroatoms. The molecule has 1 aromatic carbocycles. The highest BCUT2D eigenvalue weighted by Crippen LogP contribution is 2.21. The van der Waals surface area contributed by atoms with Crippen molar-refractivity contribution in [1.82, 2.24) is 20.8 Å². The molecule has 128 valence electrons. The Bertz CT molecular complexity index is 702. The van der Waals surface area contributed by atoms with Crippen LogP contribution >= 0.6 is 11.6 Å². The van der Waals surface area contributed by atoms with Gasteiger partial charge in [0.15, 0.2) is 5.82 Å². The van der Waals surface area contributed by atoms with E-state index in [-0.39, 0.29) is 13.0 Å². The van der Waals surface area contributed by atoms with Crippen LogP contribution in [-0.4, -0.2) is 33.8 Å². The molecule has 0 spiro atoms. The SMILES string of the molecule is CC(NC(=O)NCCCC(=O)O)c1noc(-c2ccc(Cl)cc2)n1. The van der Waals surface area contributed by atoms with Gasteiger partial charge in [0.1, 0.15) is 0 Å². The molecule has 2 rings (SSSR count). The Morgan fingerprint density at radius 1 is 1.33 bits per heavy atom. The van der Waals surface area contributed by atoms with E-state index in [9.17, 15) is 9.59 Å². The van der Waals surface area contributed by atoms with Crippen LogP contribution < -0.4 is 10.6 Å². The zero-order valence-corrected chi connectivity index (χ0v) is 13.7. The second-order valence-corrected chi connectivity index (χ2v) is 5.52. The number of carbonyl (C=O) groups excluding carboxylic acids is 1. The second-order valence-electron chi connectivity index (χ2n) is 5.08. The van der Waals surface area contributed by atoms with Crippen LogP contribution in [0.15, 0.2) is 28.8 Å². The molecular formula is C15H17ClN4O4. The van der Waals surface area contributed by atoms with Crippen molar-refractivity contribution in [1.29, 1.82) is 0 Å². The summed E-state index contributed by atoms with van der Waals surface area (Å²) in [6, 6.07) is 6.06. The lowest BCUT2D eigenvalue weighted by Gasteiger charge is -2.10. The van der Waals surface area contributed by atoms with Crippen molar-refractivity contribution < 1.29 is 19.2 Å². The minimum Gasteiger partial charge on any atom is -0.481 e. The van der Waals surface area contributed by atoms with Gasteiger partial charge in [0.25, 0.3) is 5.89 Å². The normalized spacial score (nSPS) is 11.8. The zero-order chi connectivity index (χ0) is 17.5. The molecule has 0 bridgehead atoms. The van der Waals surface area contributed by atoms with Gasteiger partial charge in [-0.3, -0.25) is 4.79 Å². The molecule has 0 aliphatic rings. The number of aliphatic carboxylic acids is 1. The van der Waals surface area contributed by atoms with Crippen molar-refractivity contribution in [2.75, 3.05) is 6.54 Å². The molecule has 1 aromatic heterocycles. The van der Waals surface area contributed by atoms with E-state index in [2.05, 4.69) is 20.8 Å². The Morgan fingerprint density at radius 2 is 2.04 bits per heavy atom. The predicted molar refractivity (Wildman–Crippen MR) is 86.6 cm³/mol. The third kappa shape index (κ3) is 5.24. The fraction of sp³-hybridized carbons (Fsp3) is 0.333. The number of nitrogens with one attached hydrogen (secondary N) is 2. The van der Waals surface area contributed by atoms with Gasteiger partial charge in [0.2, 0.25) is 0 Å². The number of urea groups is 1. The molecule has 24 heavy (non-hydrogen) atoms. The number of amides is 2. The average molecular weight is 353 g/mol. The minimum absolute atomic E-state index is 0.00509. The second kappa shape index (κ2) is 8.30. The molecule has 0 saturated heterocycles. The van der Waals surface area contributed by atoms with Crippen LogP contribution in [0.4, 0.5) is 4.79 Å². The van der Waals surface area contributed by atoms with Crippen molar-refractivity contribution in [3.8, 4) is 11.5 Å². The minimum atomic E-state index is -0.896. The number of rotatable bonds is 7. The van der Waals surface area contributed by atoms with Gasteiger partial charge < -0.3 is 20.3 Å². The van der Waals surface area contributed by atoms with Gasteiger partial charge in [0, 0.05) is 23.6 Å². The summed E-state index contributed by atoms with van der Waals surface area (Å²) >= 11 is 5.83. The highest BCUT2D eigenvalue weighted by atomic mass is 35.5. The molecule has 1 atom stereocenters. The van der Waals surface area contributed by atoms with E-state index in [0.29, 0.717) is 23.2 Å². The topological polar surface area (TPSA) is 117 Å². The van der Waals surface area contributed by atoms with Crippen molar-refractivity contribution in [3.05, 3.63) is 35.1 Å². The largest absolute Gasteiger partial charge is 0.481 e. The number of carbonyl (C=O) groups is 2. The summed E-state index contributed by atoms with van der Waals surface area (Å²) in [7, 11) is 0. The Hall–Kier alpha value is -2.61. The Balaban J connectivity index is 1.86. The Kier molecular flexibility index (Phi) is 6.14. The summed E-state index contributed by atoms with van der Waals surface area (Å²) in [5, 5.41) is 18.2. The maximum Gasteiger partial charge on any atom is 0.315 e. The molecule has 0 aliphatic carbocycles. The van der Waals surface area contributed by atoms with Crippen LogP contribution in [0.1, 0.15) is 31.6 Å². The zero-order valence-electron chi connectivity index (χ0n) is 13.0. The van der Waals surface area contributed by atoms with Crippen LogP contribution in [-0.2, 0) is 4.79 Å². The number of nitrogens with zero attached hydrogens (tertiary/aromatic N) is 2. The molecule has 0 radical (unpaired) electrons. The maximum absolute atomic E-state index is 11.7. The number of hydrogen-bond donors (Lipinski definition) is 3. The first-order valence-electron chi connectivity index (χ1n) is 7.31. The van der Waals surface area contributed by atoms with Gasteiger partial charge in [-0.2, -0.15) is 4.98 Å². The fourth-order valence-corrected chi connectivity index (χ4v) is 2.00. The maximum atomic E-state index is 11.7. The van der Waals surface area contributed by atoms with Crippen molar-refractivity contribution in [3.63, 3.8) is 0 Å². The first kappa shape index (κ1) is 17.7. The van der Waals surface area contributed by atoms with Crippen LogP contribution in [0, 0.1) is 0 Å². The highest BCUT2D eigenvalue weighted by Gasteiger charge is 2.16. The van der Waals surface area contributed by atoms with E-state index >= 15 is 0 Å². The van der Waals surface area contributed by atoms with Gasteiger partial charge in [0.05, 0.1) is 6.04 Å². The summed E-state index contributed by atoms with van der Waals surface area (Å²) in [5.74, 6) is -0.232. The lowest BCUT2D eigenvalue weighted by atomic mass is 10.2.